The number of rotatable bonds is 3. The van der Waals surface area contributed by atoms with E-state index in [4.69, 9.17) is 10.00 Å². The molecule has 2 aromatic heterocycles. The van der Waals surface area contributed by atoms with Crippen LogP contribution < -0.4 is 0 Å². The first-order chi connectivity index (χ1) is 7.70. The molecular weight excluding hydrogens is 204 g/mol. The van der Waals surface area contributed by atoms with Gasteiger partial charge in [0.25, 0.3) is 0 Å². The van der Waals surface area contributed by atoms with Gasteiger partial charge in [-0.05, 0) is 26.0 Å². The van der Waals surface area contributed by atoms with E-state index >= 15 is 0 Å². The molecule has 0 saturated carbocycles. The van der Waals surface area contributed by atoms with E-state index in [9.17, 15) is 0 Å². The Bertz CT molecular complexity index is 538. The summed E-state index contributed by atoms with van der Waals surface area (Å²) in [4.78, 5) is 0. The maximum Gasteiger partial charge on any atom is 0.163 e. The molecule has 0 aliphatic rings. The number of fused-ring (bicyclic) bond motifs is 1. The zero-order chi connectivity index (χ0) is 11.5. The summed E-state index contributed by atoms with van der Waals surface area (Å²) in [6.45, 7) is 4.32. The van der Waals surface area contributed by atoms with Crippen molar-refractivity contribution in [2.75, 3.05) is 0 Å². The van der Waals surface area contributed by atoms with Gasteiger partial charge in [0.05, 0.1) is 11.7 Å². The number of nitriles is 1. The van der Waals surface area contributed by atoms with Gasteiger partial charge in [-0.25, -0.2) is 0 Å². The van der Waals surface area contributed by atoms with Gasteiger partial charge >= 0.3 is 0 Å². The second kappa shape index (κ2) is 4.29. The van der Waals surface area contributed by atoms with Gasteiger partial charge in [0.1, 0.15) is 12.7 Å². The van der Waals surface area contributed by atoms with Gasteiger partial charge in [-0.3, -0.25) is 4.40 Å². The van der Waals surface area contributed by atoms with E-state index in [1.807, 2.05) is 13.8 Å². The van der Waals surface area contributed by atoms with Crippen LogP contribution in [0.25, 0.3) is 5.65 Å². The zero-order valence-corrected chi connectivity index (χ0v) is 9.21. The van der Waals surface area contributed by atoms with Crippen LogP contribution in [0.1, 0.15) is 25.2 Å². The lowest BCUT2D eigenvalue weighted by atomic mass is 10.3. The van der Waals surface area contributed by atoms with Crippen LogP contribution in [0.15, 0.2) is 18.3 Å². The molecule has 5 heteroatoms. The lowest BCUT2D eigenvalue weighted by Gasteiger charge is -2.05. The normalized spacial score (nSPS) is 10.9. The summed E-state index contributed by atoms with van der Waals surface area (Å²) in [6, 6.07) is 5.57. The molecule has 0 atom stereocenters. The maximum atomic E-state index is 8.81. The van der Waals surface area contributed by atoms with E-state index in [-0.39, 0.29) is 6.10 Å². The van der Waals surface area contributed by atoms with Crippen molar-refractivity contribution in [1.82, 2.24) is 14.6 Å². The highest BCUT2D eigenvalue weighted by Crippen LogP contribution is 2.08. The Hall–Kier alpha value is -1.93. The van der Waals surface area contributed by atoms with Crippen molar-refractivity contribution in [3.63, 3.8) is 0 Å². The van der Waals surface area contributed by atoms with Crippen LogP contribution in [0.5, 0.6) is 0 Å². The van der Waals surface area contributed by atoms with Crippen molar-refractivity contribution < 1.29 is 4.74 Å². The molecule has 82 valence electrons. The topological polar surface area (TPSA) is 63.2 Å². The van der Waals surface area contributed by atoms with Gasteiger partial charge in [-0.2, -0.15) is 5.26 Å². The SMILES string of the molecule is CC(C)OCc1nnc2ccc(C#N)cn12. The third-order valence-electron chi connectivity index (χ3n) is 2.15. The molecule has 16 heavy (non-hydrogen) atoms. The maximum absolute atomic E-state index is 8.81. The smallest absolute Gasteiger partial charge is 0.163 e. The predicted octanol–water partition coefficient (Wildman–Crippen LogP) is 1.53. The molecule has 5 nitrogen and oxygen atoms in total. The summed E-state index contributed by atoms with van der Waals surface area (Å²) < 4.78 is 7.24. The van der Waals surface area contributed by atoms with Gasteiger partial charge in [0, 0.05) is 6.20 Å². The third-order valence-corrected chi connectivity index (χ3v) is 2.15. The Kier molecular flexibility index (Phi) is 2.84. The summed E-state index contributed by atoms with van der Waals surface area (Å²) in [5.74, 6) is 0.709. The van der Waals surface area contributed by atoms with E-state index in [1.165, 1.54) is 0 Å². The lowest BCUT2D eigenvalue weighted by molar-refractivity contribution is 0.0608. The van der Waals surface area contributed by atoms with E-state index in [2.05, 4.69) is 16.3 Å². The zero-order valence-electron chi connectivity index (χ0n) is 9.21. The lowest BCUT2D eigenvalue weighted by Crippen LogP contribution is -2.05. The van der Waals surface area contributed by atoms with Crippen molar-refractivity contribution in [3.8, 4) is 6.07 Å². The van der Waals surface area contributed by atoms with Crippen LogP contribution in [0, 0.1) is 11.3 Å². The number of hydrogen-bond donors (Lipinski definition) is 0. The van der Waals surface area contributed by atoms with E-state index < -0.39 is 0 Å². The third kappa shape index (κ3) is 2.02. The van der Waals surface area contributed by atoms with Gasteiger partial charge in [-0.15, -0.1) is 10.2 Å². The molecule has 0 saturated heterocycles. The Labute approximate surface area is 93.3 Å². The molecule has 0 radical (unpaired) electrons. The fraction of sp³-hybridized carbons (Fsp3) is 0.364. The molecule has 2 rings (SSSR count). The first-order valence-electron chi connectivity index (χ1n) is 5.06. The first-order valence-corrected chi connectivity index (χ1v) is 5.06. The molecule has 0 aromatic carbocycles. The van der Waals surface area contributed by atoms with Crippen LogP contribution >= 0.6 is 0 Å². The van der Waals surface area contributed by atoms with Crippen LogP contribution in [0.4, 0.5) is 0 Å². The minimum atomic E-state index is 0.145. The quantitative estimate of drug-likeness (QED) is 0.780. The molecule has 2 heterocycles. The number of nitrogens with zero attached hydrogens (tertiary/aromatic N) is 4. The molecule has 0 amide bonds. The second-order valence-electron chi connectivity index (χ2n) is 3.73. The molecule has 0 N–H and O–H groups in total. The summed E-state index contributed by atoms with van der Waals surface area (Å²) in [6.07, 6.45) is 1.86. The van der Waals surface area contributed by atoms with Crippen LogP contribution in [-0.2, 0) is 11.3 Å². The van der Waals surface area contributed by atoms with Gasteiger partial charge < -0.3 is 4.74 Å². The van der Waals surface area contributed by atoms with E-state index in [1.54, 1.807) is 22.7 Å². The van der Waals surface area contributed by atoms with E-state index in [0.29, 0.717) is 18.0 Å². The highest BCUT2D eigenvalue weighted by molar-refractivity contribution is 5.42. The molecule has 0 spiro atoms. The summed E-state index contributed by atoms with van der Waals surface area (Å²) in [5.41, 5.74) is 1.31. The number of ether oxygens (including phenoxy) is 1. The fourth-order valence-corrected chi connectivity index (χ4v) is 1.34. The number of aromatic nitrogens is 3. The largest absolute Gasteiger partial charge is 0.371 e. The van der Waals surface area contributed by atoms with Gasteiger partial charge in [-0.1, -0.05) is 0 Å². The summed E-state index contributed by atoms with van der Waals surface area (Å²) in [5, 5.41) is 16.8. The van der Waals surface area contributed by atoms with Crippen molar-refractivity contribution in [3.05, 3.63) is 29.7 Å². The van der Waals surface area contributed by atoms with Crippen molar-refractivity contribution in [2.45, 2.75) is 26.6 Å². The minimum absolute atomic E-state index is 0.145. The van der Waals surface area contributed by atoms with Crippen molar-refractivity contribution in [2.24, 2.45) is 0 Å². The fourth-order valence-electron chi connectivity index (χ4n) is 1.34. The minimum Gasteiger partial charge on any atom is -0.371 e. The predicted molar refractivity (Wildman–Crippen MR) is 57.6 cm³/mol. The molecule has 0 bridgehead atoms. The monoisotopic (exact) mass is 216 g/mol. The van der Waals surface area contributed by atoms with E-state index in [0.717, 1.165) is 5.65 Å². The Balaban J connectivity index is 2.35. The molecule has 0 aliphatic carbocycles. The highest BCUT2D eigenvalue weighted by atomic mass is 16.5. The van der Waals surface area contributed by atoms with Crippen LogP contribution in [0.2, 0.25) is 0 Å². The summed E-state index contributed by atoms with van der Waals surface area (Å²) >= 11 is 0. The average molecular weight is 216 g/mol. The number of hydrogen-bond acceptors (Lipinski definition) is 4. The Morgan fingerprint density at radius 2 is 2.25 bits per heavy atom. The molecule has 2 aromatic rings. The van der Waals surface area contributed by atoms with Gasteiger partial charge in [0.15, 0.2) is 11.5 Å². The second-order valence-corrected chi connectivity index (χ2v) is 3.73. The van der Waals surface area contributed by atoms with Gasteiger partial charge in [0.2, 0.25) is 0 Å². The number of pyridine rings is 1. The van der Waals surface area contributed by atoms with Crippen molar-refractivity contribution in [1.29, 1.82) is 5.26 Å². The molecule has 0 fully saturated rings. The first kappa shape index (κ1) is 10.6. The summed E-state index contributed by atoms with van der Waals surface area (Å²) in [7, 11) is 0. The van der Waals surface area contributed by atoms with Crippen LogP contribution in [-0.4, -0.2) is 20.7 Å². The Morgan fingerprint density at radius 1 is 1.44 bits per heavy atom. The molecule has 0 unspecified atom stereocenters. The molecular formula is C11H12N4O. The highest BCUT2D eigenvalue weighted by Gasteiger charge is 2.06. The molecule has 0 aliphatic heterocycles. The van der Waals surface area contributed by atoms with Crippen molar-refractivity contribution >= 4 is 5.65 Å². The average Bonchev–Trinajstić information content (AvgIpc) is 2.68. The van der Waals surface area contributed by atoms with Crippen LogP contribution in [0.3, 0.4) is 0 Å². The Morgan fingerprint density at radius 3 is 2.94 bits per heavy atom. The standard InChI is InChI=1S/C11H12N4O/c1-8(2)16-7-11-14-13-10-4-3-9(5-12)6-15(10)11/h3-4,6,8H,7H2,1-2H3.